The molecule has 4 heteroatoms. The normalized spacial score (nSPS) is 11.2. The lowest BCUT2D eigenvalue weighted by Crippen LogP contribution is -2.34. The number of hydrogen-bond acceptors (Lipinski definition) is 4. The SMILES string of the molecule is COCCN(c1ccc2ncccc2c1N)C(C)C. The van der Waals surface area contributed by atoms with Gasteiger partial charge in [0.05, 0.1) is 23.5 Å². The minimum Gasteiger partial charge on any atom is -0.396 e. The highest BCUT2D eigenvalue weighted by molar-refractivity contribution is 5.97. The summed E-state index contributed by atoms with van der Waals surface area (Å²) in [6.45, 7) is 5.82. The monoisotopic (exact) mass is 259 g/mol. The van der Waals surface area contributed by atoms with E-state index in [-0.39, 0.29) is 0 Å². The Bertz CT molecular complexity index is 554. The number of nitrogens with two attached hydrogens (primary N) is 1. The predicted octanol–water partition coefficient (Wildman–Crippen LogP) is 2.68. The van der Waals surface area contributed by atoms with Crippen LogP contribution in [0.15, 0.2) is 30.5 Å². The Balaban J connectivity index is 2.44. The number of nitrogens with zero attached hydrogens (tertiary/aromatic N) is 2. The van der Waals surface area contributed by atoms with Gasteiger partial charge in [-0.2, -0.15) is 0 Å². The van der Waals surface area contributed by atoms with Gasteiger partial charge in [-0.25, -0.2) is 0 Å². The van der Waals surface area contributed by atoms with E-state index in [1.165, 1.54) is 0 Å². The molecule has 0 unspecified atom stereocenters. The first kappa shape index (κ1) is 13.6. The van der Waals surface area contributed by atoms with Gasteiger partial charge in [-0.1, -0.05) is 0 Å². The van der Waals surface area contributed by atoms with E-state index in [0.29, 0.717) is 12.6 Å². The van der Waals surface area contributed by atoms with Crippen molar-refractivity contribution in [1.29, 1.82) is 0 Å². The number of fused-ring (bicyclic) bond motifs is 1. The van der Waals surface area contributed by atoms with E-state index in [1.54, 1.807) is 13.3 Å². The molecule has 1 aromatic carbocycles. The van der Waals surface area contributed by atoms with Crippen LogP contribution >= 0.6 is 0 Å². The molecule has 2 N–H and O–H groups in total. The molecule has 0 spiro atoms. The molecule has 2 rings (SSSR count). The summed E-state index contributed by atoms with van der Waals surface area (Å²) < 4.78 is 5.18. The standard InChI is InChI=1S/C15H21N3O/c1-11(2)18(9-10-19-3)14-7-6-13-12(15(14)16)5-4-8-17-13/h4-8,11H,9-10,16H2,1-3H3. The quantitative estimate of drug-likeness (QED) is 0.839. The molecule has 1 heterocycles. The van der Waals surface area contributed by atoms with Gasteiger partial charge in [0.15, 0.2) is 0 Å². The molecule has 0 saturated carbocycles. The maximum atomic E-state index is 6.31. The zero-order valence-corrected chi connectivity index (χ0v) is 11.8. The number of rotatable bonds is 5. The molecular formula is C15H21N3O. The molecule has 0 aliphatic carbocycles. The number of ether oxygens (including phenoxy) is 1. The van der Waals surface area contributed by atoms with Gasteiger partial charge in [0.1, 0.15) is 0 Å². The van der Waals surface area contributed by atoms with Crippen LogP contribution in [0.2, 0.25) is 0 Å². The van der Waals surface area contributed by atoms with E-state index in [0.717, 1.165) is 28.8 Å². The van der Waals surface area contributed by atoms with Crippen molar-refractivity contribution in [3.05, 3.63) is 30.5 Å². The molecule has 0 fully saturated rings. The van der Waals surface area contributed by atoms with Gasteiger partial charge in [0.25, 0.3) is 0 Å². The molecule has 0 atom stereocenters. The van der Waals surface area contributed by atoms with Gasteiger partial charge in [-0.05, 0) is 38.1 Å². The fraction of sp³-hybridized carbons (Fsp3) is 0.400. The number of hydrogen-bond donors (Lipinski definition) is 1. The molecule has 102 valence electrons. The van der Waals surface area contributed by atoms with Crippen molar-refractivity contribution in [1.82, 2.24) is 4.98 Å². The van der Waals surface area contributed by atoms with Crippen molar-refractivity contribution < 1.29 is 4.74 Å². The van der Waals surface area contributed by atoms with Gasteiger partial charge in [-0.3, -0.25) is 4.98 Å². The Morgan fingerprint density at radius 3 is 2.79 bits per heavy atom. The average molecular weight is 259 g/mol. The van der Waals surface area contributed by atoms with Gasteiger partial charge >= 0.3 is 0 Å². The molecule has 1 aromatic heterocycles. The smallest absolute Gasteiger partial charge is 0.0724 e. The Hall–Kier alpha value is -1.81. The molecule has 4 nitrogen and oxygen atoms in total. The van der Waals surface area contributed by atoms with Gasteiger partial charge in [0.2, 0.25) is 0 Å². The second-order valence-corrected chi connectivity index (χ2v) is 4.85. The highest BCUT2D eigenvalue weighted by atomic mass is 16.5. The summed E-state index contributed by atoms with van der Waals surface area (Å²) in [7, 11) is 1.71. The molecule has 0 amide bonds. The van der Waals surface area contributed by atoms with Crippen LogP contribution in [0, 0.1) is 0 Å². The lowest BCUT2D eigenvalue weighted by atomic mass is 10.1. The maximum Gasteiger partial charge on any atom is 0.0724 e. The second kappa shape index (κ2) is 5.89. The Kier molecular flexibility index (Phi) is 4.22. The third-order valence-electron chi connectivity index (χ3n) is 3.27. The third kappa shape index (κ3) is 2.79. The molecule has 0 aliphatic heterocycles. The van der Waals surface area contributed by atoms with Crippen LogP contribution in [0.25, 0.3) is 10.9 Å². The maximum absolute atomic E-state index is 6.31. The van der Waals surface area contributed by atoms with Crippen molar-refractivity contribution in [2.75, 3.05) is 30.9 Å². The highest BCUT2D eigenvalue weighted by Gasteiger charge is 2.15. The van der Waals surface area contributed by atoms with E-state index < -0.39 is 0 Å². The van der Waals surface area contributed by atoms with Crippen LogP contribution in [0.5, 0.6) is 0 Å². The van der Waals surface area contributed by atoms with Crippen molar-refractivity contribution in [2.45, 2.75) is 19.9 Å². The molecule has 0 radical (unpaired) electrons. The van der Waals surface area contributed by atoms with Gasteiger partial charge in [-0.15, -0.1) is 0 Å². The zero-order chi connectivity index (χ0) is 13.8. The molecule has 0 bridgehead atoms. The van der Waals surface area contributed by atoms with Gasteiger partial charge in [0, 0.05) is 31.3 Å². The van der Waals surface area contributed by atoms with E-state index >= 15 is 0 Å². The van der Waals surface area contributed by atoms with Crippen molar-refractivity contribution >= 4 is 22.3 Å². The summed E-state index contributed by atoms with van der Waals surface area (Å²) in [4.78, 5) is 6.58. The van der Waals surface area contributed by atoms with E-state index in [4.69, 9.17) is 10.5 Å². The molecule has 0 saturated heterocycles. The number of aromatic nitrogens is 1. The van der Waals surface area contributed by atoms with E-state index in [1.807, 2.05) is 24.3 Å². The fourth-order valence-electron chi connectivity index (χ4n) is 2.26. The van der Waals surface area contributed by atoms with Crippen molar-refractivity contribution in [3.8, 4) is 0 Å². The molecule has 2 aromatic rings. The van der Waals surface area contributed by atoms with Crippen LogP contribution in [0.4, 0.5) is 11.4 Å². The van der Waals surface area contributed by atoms with Crippen LogP contribution in [-0.2, 0) is 4.74 Å². The fourth-order valence-corrected chi connectivity index (χ4v) is 2.26. The molecule has 0 aliphatic rings. The first-order valence-electron chi connectivity index (χ1n) is 6.54. The van der Waals surface area contributed by atoms with Crippen LogP contribution in [-0.4, -0.2) is 31.3 Å². The van der Waals surface area contributed by atoms with Crippen LogP contribution in [0.1, 0.15) is 13.8 Å². The summed E-state index contributed by atoms with van der Waals surface area (Å²) in [5.74, 6) is 0. The minimum atomic E-state index is 0.367. The average Bonchev–Trinajstić information content (AvgIpc) is 2.41. The number of methoxy groups -OCH3 is 1. The number of anilines is 2. The van der Waals surface area contributed by atoms with Crippen molar-refractivity contribution in [2.24, 2.45) is 0 Å². The number of nitrogen functional groups attached to an aromatic ring is 1. The first-order chi connectivity index (χ1) is 9.15. The Morgan fingerprint density at radius 1 is 1.32 bits per heavy atom. The summed E-state index contributed by atoms with van der Waals surface area (Å²) in [5, 5.41) is 1.00. The summed E-state index contributed by atoms with van der Waals surface area (Å²) in [6.07, 6.45) is 1.78. The van der Waals surface area contributed by atoms with E-state index in [2.05, 4.69) is 23.7 Å². The largest absolute Gasteiger partial charge is 0.396 e. The second-order valence-electron chi connectivity index (χ2n) is 4.85. The minimum absolute atomic E-state index is 0.367. The Morgan fingerprint density at radius 2 is 2.11 bits per heavy atom. The van der Waals surface area contributed by atoms with E-state index in [9.17, 15) is 0 Å². The number of pyridine rings is 1. The molecular weight excluding hydrogens is 238 g/mol. The first-order valence-corrected chi connectivity index (χ1v) is 6.54. The van der Waals surface area contributed by atoms with Crippen molar-refractivity contribution in [3.63, 3.8) is 0 Å². The summed E-state index contributed by atoms with van der Waals surface area (Å²) in [6, 6.07) is 8.35. The lowest BCUT2D eigenvalue weighted by Gasteiger charge is -2.30. The summed E-state index contributed by atoms with van der Waals surface area (Å²) >= 11 is 0. The predicted molar refractivity (Wildman–Crippen MR) is 80.5 cm³/mol. The highest BCUT2D eigenvalue weighted by Crippen LogP contribution is 2.31. The third-order valence-corrected chi connectivity index (χ3v) is 3.27. The van der Waals surface area contributed by atoms with Crippen LogP contribution in [0.3, 0.4) is 0 Å². The summed E-state index contributed by atoms with van der Waals surface area (Å²) in [5.41, 5.74) is 9.07. The van der Waals surface area contributed by atoms with Gasteiger partial charge < -0.3 is 15.4 Å². The topological polar surface area (TPSA) is 51.4 Å². The Labute approximate surface area is 114 Å². The lowest BCUT2D eigenvalue weighted by molar-refractivity contribution is 0.204. The zero-order valence-electron chi connectivity index (χ0n) is 11.8. The van der Waals surface area contributed by atoms with Crippen LogP contribution < -0.4 is 10.6 Å². The molecule has 19 heavy (non-hydrogen) atoms. The number of benzene rings is 1.